The number of para-hydroxylation sites is 2. The first kappa shape index (κ1) is 19.6. The number of benzene rings is 2. The maximum absolute atomic E-state index is 14.0. The van der Waals surface area contributed by atoms with Crippen LogP contribution in [0.4, 0.5) is 10.1 Å². The van der Waals surface area contributed by atoms with Gasteiger partial charge in [-0.25, -0.2) is 4.39 Å². The van der Waals surface area contributed by atoms with E-state index in [1.807, 2.05) is 6.07 Å². The number of amides is 1. The Balaban J connectivity index is 2.00. The van der Waals surface area contributed by atoms with Gasteiger partial charge >= 0.3 is 0 Å². The maximum atomic E-state index is 14.0. The normalized spacial score (nSPS) is 18.7. The molecule has 1 saturated heterocycles. The van der Waals surface area contributed by atoms with Crippen LogP contribution in [-0.4, -0.2) is 25.2 Å². The summed E-state index contributed by atoms with van der Waals surface area (Å²) in [5.74, 6) is -0.752. The molecule has 1 amide bonds. The van der Waals surface area contributed by atoms with Crippen LogP contribution < -0.4 is 25.4 Å². The Morgan fingerprint density at radius 2 is 1.93 bits per heavy atom. The number of anilines is 1. The van der Waals surface area contributed by atoms with E-state index in [-0.39, 0.29) is 5.69 Å². The zero-order chi connectivity index (χ0) is 20.3. The van der Waals surface area contributed by atoms with Gasteiger partial charge in [-0.3, -0.25) is 4.79 Å². The van der Waals surface area contributed by atoms with E-state index in [2.05, 4.69) is 22.5 Å². The molecular weight excluding hydrogens is 381 g/mol. The Morgan fingerprint density at radius 1 is 1.18 bits per heavy atom. The highest BCUT2D eigenvalue weighted by atomic mass is 32.1. The number of hydrogen-bond acceptors (Lipinski definition) is 4. The van der Waals surface area contributed by atoms with E-state index in [0.29, 0.717) is 27.9 Å². The topological polar surface area (TPSA) is 71.6 Å². The second-order valence-corrected chi connectivity index (χ2v) is 6.54. The van der Waals surface area contributed by atoms with Gasteiger partial charge in [0.05, 0.1) is 25.9 Å². The summed E-state index contributed by atoms with van der Waals surface area (Å²) in [6.07, 6.45) is 0. The summed E-state index contributed by atoms with van der Waals surface area (Å²) in [5, 5.41) is 8.91. The highest BCUT2D eigenvalue weighted by molar-refractivity contribution is 7.80. The number of hydrogen-bond donors (Lipinski definition) is 3. The summed E-state index contributed by atoms with van der Waals surface area (Å²) >= 11 is 5.24. The molecule has 0 spiro atoms. The molecule has 0 aromatic heterocycles. The molecule has 146 valence electrons. The van der Waals surface area contributed by atoms with E-state index in [4.69, 9.17) is 21.7 Å². The van der Waals surface area contributed by atoms with Gasteiger partial charge in [-0.1, -0.05) is 30.8 Å². The Hall–Kier alpha value is -3.13. The standard InChI is InChI=1S/C20H20FN3O3S/c1-11-16(19(25)23-14-9-5-4-8-13(14)21)17(24-20(28)22-11)12-7-6-10-15(26-2)18(12)27-3/h4-10,16-17H,1H2,2-3H3,(H,23,25)(H2,22,24,28)/t16-,17+/m0/s1. The van der Waals surface area contributed by atoms with Crippen molar-refractivity contribution in [2.45, 2.75) is 6.04 Å². The van der Waals surface area contributed by atoms with Crippen molar-refractivity contribution in [2.24, 2.45) is 5.92 Å². The predicted molar refractivity (Wildman–Crippen MR) is 109 cm³/mol. The third kappa shape index (κ3) is 3.77. The Kier molecular flexibility index (Phi) is 5.79. The molecule has 1 heterocycles. The largest absolute Gasteiger partial charge is 0.493 e. The molecule has 3 rings (SSSR count). The van der Waals surface area contributed by atoms with Gasteiger partial charge in [0.2, 0.25) is 5.91 Å². The fourth-order valence-electron chi connectivity index (χ4n) is 3.18. The lowest BCUT2D eigenvalue weighted by Gasteiger charge is -2.36. The summed E-state index contributed by atoms with van der Waals surface area (Å²) in [6, 6.07) is 10.7. The number of methoxy groups -OCH3 is 2. The van der Waals surface area contributed by atoms with E-state index in [1.54, 1.807) is 24.3 Å². The molecule has 0 saturated carbocycles. The minimum Gasteiger partial charge on any atom is -0.493 e. The molecule has 0 radical (unpaired) electrons. The number of ether oxygens (including phenoxy) is 2. The quantitative estimate of drug-likeness (QED) is 0.669. The molecule has 0 aliphatic carbocycles. The highest BCUT2D eigenvalue weighted by Crippen LogP contribution is 2.40. The Labute approximate surface area is 167 Å². The van der Waals surface area contributed by atoms with Crippen LogP contribution in [0.15, 0.2) is 54.7 Å². The molecule has 6 nitrogen and oxygen atoms in total. The molecule has 3 N–H and O–H groups in total. The van der Waals surface area contributed by atoms with Crippen molar-refractivity contribution in [3.05, 3.63) is 66.1 Å². The van der Waals surface area contributed by atoms with Crippen molar-refractivity contribution >= 4 is 28.9 Å². The molecule has 2 aromatic carbocycles. The molecule has 8 heteroatoms. The third-order valence-corrected chi connectivity index (χ3v) is 4.67. The lowest BCUT2D eigenvalue weighted by atomic mass is 9.87. The first-order valence-electron chi connectivity index (χ1n) is 8.48. The zero-order valence-electron chi connectivity index (χ0n) is 15.4. The van der Waals surface area contributed by atoms with Gasteiger partial charge in [0.15, 0.2) is 16.6 Å². The van der Waals surface area contributed by atoms with E-state index in [9.17, 15) is 9.18 Å². The number of halogens is 1. The maximum Gasteiger partial charge on any atom is 0.235 e. The minimum atomic E-state index is -0.785. The second kappa shape index (κ2) is 8.26. The number of carbonyl (C=O) groups excluding carboxylic acids is 1. The fraction of sp³-hybridized carbons (Fsp3) is 0.200. The summed E-state index contributed by atoms with van der Waals surface area (Å²) in [7, 11) is 3.05. The first-order valence-corrected chi connectivity index (χ1v) is 8.89. The smallest absolute Gasteiger partial charge is 0.235 e. The molecule has 0 bridgehead atoms. The van der Waals surface area contributed by atoms with Gasteiger partial charge in [0.25, 0.3) is 0 Å². The number of thiocarbonyl (C=S) groups is 1. The van der Waals surface area contributed by atoms with Gasteiger partial charge in [0.1, 0.15) is 11.7 Å². The van der Waals surface area contributed by atoms with Gasteiger partial charge in [-0.05, 0) is 30.4 Å². The number of rotatable bonds is 5. The molecule has 1 fully saturated rings. The van der Waals surface area contributed by atoms with Crippen molar-refractivity contribution in [3.8, 4) is 11.5 Å². The van der Waals surface area contributed by atoms with Crippen molar-refractivity contribution in [2.75, 3.05) is 19.5 Å². The average molecular weight is 401 g/mol. The van der Waals surface area contributed by atoms with E-state index in [1.165, 1.54) is 26.4 Å². The summed E-state index contributed by atoms with van der Waals surface area (Å²) in [6.45, 7) is 3.94. The second-order valence-electron chi connectivity index (χ2n) is 6.13. The van der Waals surface area contributed by atoms with Crippen molar-refractivity contribution in [3.63, 3.8) is 0 Å². The number of nitrogens with one attached hydrogen (secondary N) is 3. The molecule has 1 aliphatic heterocycles. The van der Waals surface area contributed by atoms with E-state index in [0.717, 1.165) is 0 Å². The van der Waals surface area contributed by atoms with Gasteiger partial charge in [0, 0.05) is 11.3 Å². The average Bonchev–Trinajstić information content (AvgIpc) is 2.68. The lowest BCUT2D eigenvalue weighted by molar-refractivity contribution is -0.119. The fourth-order valence-corrected chi connectivity index (χ4v) is 3.44. The van der Waals surface area contributed by atoms with Crippen LogP contribution in [0, 0.1) is 11.7 Å². The monoisotopic (exact) mass is 401 g/mol. The SMILES string of the molecule is C=C1NC(=S)N[C@H](c2cccc(OC)c2OC)[C@H]1C(=O)Nc1ccccc1F. The molecule has 0 unspecified atom stereocenters. The molecule has 1 aliphatic rings. The lowest BCUT2D eigenvalue weighted by Crippen LogP contribution is -2.51. The zero-order valence-corrected chi connectivity index (χ0v) is 16.2. The van der Waals surface area contributed by atoms with Crippen molar-refractivity contribution < 1.29 is 18.7 Å². The minimum absolute atomic E-state index is 0.0878. The Bertz CT molecular complexity index is 935. The molecule has 2 atom stereocenters. The van der Waals surface area contributed by atoms with Crippen LogP contribution in [0.2, 0.25) is 0 Å². The van der Waals surface area contributed by atoms with Crippen LogP contribution in [0.25, 0.3) is 0 Å². The van der Waals surface area contributed by atoms with Gasteiger partial charge < -0.3 is 25.4 Å². The van der Waals surface area contributed by atoms with Gasteiger partial charge in [-0.2, -0.15) is 0 Å². The molecule has 28 heavy (non-hydrogen) atoms. The van der Waals surface area contributed by atoms with Crippen molar-refractivity contribution in [1.29, 1.82) is 0 Å². The summed E-state index contributed by atoms with van der Waals surface area (Å²) in [4.78, 5) is 13.0. The molecular formula is C20H20FN3O3S. The predicted octanol–water partition coefficient (Wildman–Crippen LogP) is 3.13. The van der Waals surface area contributed by atoms with Crippen molar-refractivity contribution in [1.82, 2.24) is 10.6 Å². The highest BCUT2D eigenvalue weighted by Gasteiger charge is 2.38. The number of carbonyl (C=O) groups is 1. The van der Waals surface area contributed by atoms with Crippen LogP contribution in [0.3, 0.4) is 0 Å². The third-order valence-electron chi connectivity index (χ3n) is 4.45. The van der Waals surface area contributed by atoms with Crippen LogP contribution in [0.1, 0.15) is 11.6 Å². The van der Waals surface area contributed by atoms with Gasteiger partial charge in [-0.15, -0.1) is 0 Å². The summed E-state index contributed by atoms with van der Waals surface area (Å²) < 4.78 is 24.8. The Morgan fingerprint density at radius 3 is 2.61 bits per heavy atom. The summed E-state index contributed by atoms with van der Waals surface area (Å²) in [5.41, 5.74) is 1.15. The van der Waals surface area contributed by atoms with Crippen LogP contribution in [-0.2, 0) is 4.79 Å². The first-order chi connectivity index (χ1) is 13.5. The van der Waals surface area contributed by atoms with Crippen LogP contribution >= 0.6 is 12.2 Å². The van der Waals surface area contributed by atoms with E-state index < -0.39 is 23.7 Å². The van der Waals surface area contributed by atoms with E-state index >= 15 is 0 Å². The molecule has 2 aromatic rings. The van der Waals surface area contributed by atoms with Crippen LogP contribution in [0.5, 0.6) is 11.5 Å².